The summed E-state index contributed by atoms with van der Waals surface area (Å²) in [6, 6.07) is 11.6. The molecule has 26 heavy (non-hydrogen) atoms. The molecule has 1 aromatic heterocycles. The van der Waals surface area contributed by atoms with Gasteiger partial charge >= 0.3 is 0 Å². The van der Waals surface area contributed by atoms with Crippen molar-refractivity contribution in [3.63, 3.8) is 0 Å². The van der Waals surface area contributed by atoms with Crippen LogP contribution in [0.3, 0.4) is 0 Å². The van der Waals surface area contributed by atoms with E-state index in [1.54, 1.807) is 36.4 Å². The van der Waals surface area contributed by atoms with Crippen LogP contribution in [0.5, 0.6) is 0 Å². The first-order valence-electron chi connectivity index (χ1n) is 7.87. The van der Waals surface area contributed by atoms with Gasteiger partial charge in [-0.05, 0) is 30.3 Å². The quantitative estimate of drug-likeness (QED) is 0.698. The summed E-state index contributed by atoms with van der Waals surface area (Å²) in [5.74, 6) is -0.925. The third-order valence-electron chi connectivity index (χ3n) is 3.70. The van der Waals surface area contributed by atoms with Crippen LogP contribution in [0.4, 0.5) is 15.8 Å². The number of methoxy groups -OCH3 is 1. The number of carbonyl (C=O) groups excluding carboxylic acids is 2. The van der Waals surface area contributed by atoms with Crippen molar-refractivity contribution in [3.8, 4) is 0 Å². The number of anilines is 2. The molecule has 3 aromatic rings. The molecule has 7 heteroatoms. The SMILES string of the molecule is COCc1c(C(=O)Nc2cccc(NC(C)=O)c2)sc2cccc(F)c12. The van der Waals surface area contributed by atoms with Crippen LogP contribution in [0.1, 0.15) is 22.2 Å². The van der Waals surface area contributed by atoms with Gasteiger partial charge in [-0.25, -0.2) is 4.39 Å². The Labute approximate surface area is 153 Å². The zero-order valence-electron chi connectivity index (χ0n) is 14.3. The fourth-order valence-corrected chi connectivity index (χ4v) is 3.82. The maximum absolute atomic E-state index is 14.2. The Hall–Kier alpha value is -2.77. The molecular formula is C19H17FN2O3S. The first-order chi connectivity index (χ1) is 12.5. The smallest absolute Gasteiger partial charge is 0.266 e. The van der Waals surface area contributed by atoms with E-state index in [0.29, 0.717) is 31.9 Å². The van der Waals surface area contributed by atoms with Crippen molar-refractivity contribution in [1.82, 2.24) is 0 Å². The van der Waals surface area contributed by atoms with E-state index in [2.05, 4.69) is 10.6 Å². The first kappa shape index (κ1) is 18.0. The Kier molecular flexibility index (Phi) is 5.29. The number of rotatable bonds is 5. The lowest BCUT2D eigenvalue weighted by Crippen LogP contribution is -2.13. The molecule has 0 unspecified atom stereocenters. The lowest BCUT2D eigenvalue weighted by molar-refractivity contribution is -0.114. The highest BCUT2D eigenvalue weighted by atomic mass is 32.1. The van der Waals surface area contributed by atoms with Gasteiger partial charge in [0.15, 0.2) is 0 Å². The van der Waals surface area contributed by atoms with Crippen molar-refractivity contribution < 1.29 is 18.7 Å². The second-order valence-electron chi connectivity index (χ2n) is 5.67. The van der Waals surface area contributed by atoms with Crippen LogP contribution in [-0.2, 0) is 16.1 Å². The third kappa shape index (κ3) is 3.74. The number of nitrogens with one attached hydrogen (secondary N) is 2. The molecule has 134 valence electrons. The van der Waals surface area contributed by atoms with Gasteiger partial charge in [0.1, 0.15) is 5.82 Å². The lowest BCUT2D eigenvalue weighted by Gasteiger charge is -2.08. The molecule has 2 amide bonds. The number of ether oxygens (including phenoxy) is 1. The van der Waals surface area contributed by atoms with Crippen molar-refractivity contribution in [3.05, 3.63) is 58.7 Å². The number of carbonyl (C=O) groups is 2. The lowest BCUT2D eigenvalue weighted by atomic mass is 10.1. The van der Waals surface area contributed by atoms with E-state index in [9.17, 15) is 14.0 Å². The summed E-state index contributed by atoms with van der Waals surface area (Å²) in [5, 5.41) is 5.87. The minimum absolute atomic E-state index is 0.135. The summed E-state index contributed by atoms with van der Waals surface area (Å²) >= 11 is 1.22. The second kappa shape index (κ2) is 7.63. The van der Waals surface area contributed by atoms with Gasteiger partial charge < -0.3 is 15.4 Å². The number of benzene rings is 2. The number of thiophene rings is 1. The van der Waals surface area contributed by atoms with Gasteiger partial charge in [0.25, 0.3) is 5.91 Å². The largest absolute Gasteiger partial charge is 0.380 e. The number of halogens is 1. The molecule has 0 saturated heterocycles. The van der Waals surface area contributed by atoms with E-state index in [4.69, 9.17) is 4.74 Å². The number of hydrogen-bond acceptors (Lipinski definition) is 4. The zero-order chi connectivity index (χ0) is 18.7. The van der Waals surface area contributed by atoms with Crippen LogP contribution >= 0.6 is 11.3 Å². The second-order valence-corrected chi connectivity index (χ2v) is 6.72. The monoisotopic (exact) mass is 372 g/mol. The molecule has 5 nitrogen and oxygen atoms in total. The van der Waals surface area contributed by atoms with Crippen molar-refractivity contribution in [2.24, 2.45) is 0 Å². The molecule has 0 atom stereocenters. The Morgan fingerprint density at radius 1 is 1.12 bits per heavy atom. The van der Waals surface area contributed by atoms with Crippen LogP contribution in [0.2, 0.25) is 0 Å². The standard InChI is InChI=1S/C19H17FN2O3S/c1-11(23)21-12-5-3-6-13(9-12)22-19(24)18-14(10-25-2)17-15(20)7-4-8-16(17)26-18/h3-9H,10H2,1-2H3,(H,21,23)(H,22,24). The molecule has 0 fully saturated rings. The minimum Gasteiger partial charge on any atom is -0.380 e. The Bertz CT molecular complexity index is 984. The predicted octanol–water partition coefficient (Wildman–Crippen LogP) is 4.40. The summed E-state index contributed by atoms with van der Waals surface area (Å²) in [7, 11) is 1.50. The highest BCUT2D eigenvalue weighted by Gasteiger charge is 2.20. The van der Waals surface area contributed by atoms with Gasteiger partial charge in [0.05, 0.1) is 11.5 Å². The summed E-state index contributed by atoms with van der Waals surface area (Å²) < 4.78 is 20.1. The molecule has 0 radical (unpaired) electrons. The summed E-state index contributed by atoms with van der Waals surface area (Å²) in [6.45, 7) is 1.55. The molecule has 1 heterocycles. The van der Waals surface area contributed by atoms with Crippen molar-refractivity contribution in [2.45, 2.75) is 13.5 Å². The van der Waals surface area contributed by atoms with Gasteiger partial charge in [-0.15, -0.1) is 11.3 Å². The van der Waals surface area contributed by atoms with Crippen LogP contribution < -0.4 is 10.6 Å². The maximum Gasteiger partial charge on any atom is 0.266 e. The summed E-state index contributed by atoms with van der Waals surface area (Å²) in [4.78, 5) is 24.3. The van der Waals surface area contributed by atoms with Crippen molar-refractivity contribution >= 4 is 44.6 Å². The van der Waals surface area contributed by atoms with Crippen LogP contribution in [-0.4, -0.2) is 18.9 Å². The number of amides is 2. The molecule has 0 aliphatic carbocycles. The molecule has 0 spiro atoms. The Morgan fingerprint density at radius 3 is 2.50 bits per heavy atom. The highest BCUT2D eigenvalue weighted by molar-refractivity contribution is 7.21. The molecular weight excluding hydrogens is 355 g/mol. The van der Waals surface area contributed by atoms with Crippen LogP contribution in [0, 0.1) is 5.82 Å². The van der Waals surface area contributed by atoms with Gasteiger partial charge in [-0.1, -0.05) is 12.1 Å². The highest BCUT2D eigenvalue weighted by Crippen LogP contribution is 2.34. The van der Waals surface area contributed by atoms with Crippen molar-refractivity contribution in [2.75, 3.05) is 17.7 Å². The Balaban J connectivity index is 1.94. The maximum atomic E-state index is 14.2. The van der Waals surface area contributed by atoms with Gasteiger partial charge in [0.2, 0.25) is 5.91 Å². The van der Waals surface area contributed by atoms with E-state index in [-0.39, 0.29) is 24.2 Å². The van der Waals surface area contributed by atoms with Crippen molar-refractivity contribution in [1.29, 1.82) is 0 Å². The van der Waals surface area contributed by atoms with Crippen LogP contribution in [0.15, 0.2) is 42.5 Å². The number of hydrogen-bond donors (Lipinski definition) is 2. The van der Waals surface area contributed by atoms with Gasteiger partial charge in [-0.3, -0.25) is 9.59 Å². The molecule has 2 N–H and O–H groups in total. The number of fused-ring (bicyclic) bond motifs is 1. The predicted molar refractivity (Wildman–Crippen MR) is 101 cm³/mol. The molecule has 3 rings (SSSR count). The fraction of sp³-hybridized carbons (Fsp3) is 0.158. The van der Waals surface area contributed by atoms with E-state index in [1.165, 1.54) is 31.4 Å². The van der Waals surface area contributed by atoms with E-state index in [1.807, 2.05) is 0 Å². The Morgan fingerprint density at radius 2 is 1.81 bits per heavy atom. The average Bonchev–Trinajstić information content (AvgIpc) is 2.95. The van der Waals surface area contributed by atoms with Gasteiger partial charge in [0, 0.05) is 41.1 Å². The molecule has 0 aliphatic heterocycles. The molecule has 0 bridgehead atoms. The third-order valence-corrected chi connectivity index (χ3v) is 4.90. The minimum atomic E-state index is -0.377. The first-order valence-corrected chi connectivity index (χ1v) is 8.69. The van der Waals surface area contributed by atoms with E-state index in [0.717, 1.165) is 0 Å². The normalized spacial score (nSPS) is 10.7. The van der Waals surface area contributed by atoms with Gasteiger partial charge in [-0.2, -0.15) is 0 Å². The zero-order valence-corrected chi connectivity index (χ0v) is 15.1. The average molecular weight is 372 g/mol. The van der Waals surface area contributed by atoms with E-state index < -0.39 is 0 Å². The molecule has 0 aliphatic rings. The fourth-order valence-electron chi connectivity index (χ4n) is 2.70. The summed E-state index contributed by atoms with van der Waals surface area (Å²) in [6.07, 6.45) is 0. The summed E-state index contributed by atoms with van der Waals surface area (Å²) in [5.41, 5.74) is 1.64. The molecule has 0 saturated carbocycles. The van der Waals surface area contributed by atoms with E-state index >= 15 is 0 Å². The van der Waals surface area contributed by atoms with Crippen LogP contribution in [0.25, 0.3) is 10.1 Å². The topological polar surface area (TPSA) is 67.4 Å². The molecule has 2 aromatic carbocycles.